The fourth-order valence-electron chi connectivity index (χ4n) is 5.16. The summed E-state index contributed by atoms with van der Waals surface area (Å²) in [5.74, 6) is -0.00139. The van der Waals surface area contributed by atoms with Gasteiger partial charge in [-0.3, -0.25) is 10.1 Å². The van der Waals surface area contributed by atoms with Gasteiger partial charge >= 0.3 is 0 Å². The molecule has 0 bridgehead atoms. The molecule has 2 unspecified atom stereocenters. The van der Waals surface area contributed by atoms with E-state index in [9.17, 15) is 4.79 Å². The Morgan fingerprint density at radius 2 is 1.68 bits per heavy atom. The normalized spacial score (nSPS) is 19.6. The first kappa shape index (κ1) is 25.7. The highest BCUT2D eigenvalue weighted by Gasteiger charge is 2.43. The van der Waals surface area contributed by atoms with Gasteiger partial charge in [-0.1, -0.05) is 24.3 Å². The number of benzene rings is 2. The van der Waals surface area contributed by atoms with Crippen LogP contribution in [-0.2, 0) is 0 Å². The number of nitrogens with zero attached hydrogens (tertiary/aromatic N) is 4. The van der Waals surface area contributed by atoms with E-state index in [0.29, 0.717) is 0 Å². The van der Waals surface area contributed by atoms with Crippen molar-refractivity contribution in [3.05, 3.63) is 89.4 Å². The van der Waals surface area contributed by atoms with E-state index in [4.69, 9.17) is 21.7 Å². The van der Waals surface area contributed by atoms with Crippen LogP contribution in [0, 0.1) is 5.92 Å². The summed E-state index contributed by atoms with van der Waals surface area (Å²) in [5.41, 5.74) is 6.81. The zero-order valence-electron chi connectivity index (χ0n) is 22.2. The highest BCUT2D eigenvalue weighted by Crippen LogP contribution is 2.44. The van der Waals surface area contributed by atoms with Gasteiger partial charge in [-0.15, -0.1) is 0 Å². The molecule has 1 saturated carbocycles. The molecule has 8 heteroatoms. The van der Waals surface area contributed by atoms with Crippen LogP contribution in [0.1, 0.15) is 47.0 Å². The number of hydrazone groups is 1. The third kappa shape index (κ3) is 5.22. The van der Waals surface area contributed by atoms with E-state index < -0.39 is 0 Å². The van der Waals surface area contributed by atoms with E-state index in [-0.39, 0.29) is 28.7 Å². The van der Waals surface area contributed by atoms with E-state index >= 15 is 0 Å². The molecule has 1 N–H and O–H groups in total. The predicted molar refractivity (Wildman–Crippen MR) is 158 cm³/mol. The Hall–Kier alpha value is -3.91. The Morgan fingerprint density at radius 1 is 1.03 bits per heavy atom. The molecule has 0 radical (unpaired) electrons. The topological polar surface area (TPSA) is 64.3 Å². The predicted octanol–water partition coefficient (Wildman–Crippen LogP) is 5.72. The highest BCUT2D eigenvalue weighted by molar-refractivity contribution is 7.80. The van der Waals surface area contributed by atoms with Crippen LogP contribution in [0.2, 0.25) is 0 Å². The molecule has 196 valence electrons. The van der Waals surface area contributed by atoms with Crippen molar-refractivity contribution in [2.45, 2.75) is 25.3 Å². The van der Waals surface area contributed by atoms with Crippen LogP contribution >= 0.6 is 12.2 Å². The molecule has 5 rings (SSSR count). The Kier molecular flexibility index (Phi) is 7.33. The van der Waals surface area contributed by atoms with Gasteiger partial charge in [-0.25, -0.2) is 5.01 Å². The van der Waals surface area contributed by atoms with Crippen LogP contribution in [0.3, 0.4) is 0 Å². The Balaban J connectivity index is 1.49. The molecular formula is C30H33N5O2S. The first-order valence-electron chi connectivity index (χ1n) is 12.8. The Labute approximate surface area is 229 Å². The number of rotatable bonds is 5. The standard InChI is InChI=1S/C30H33N5O2S/c1-33(2)23-14-10-20(11-15-23)19-22-7-5-8-25-27(22)32-35(30(38)31-29(36)26-9-6-18-37-26)28(25)21-12-16-24(17-13-21)34(3)4/h6,9-19,25,28H,5,7-8H2,1-4H3,(H,31,36,38). The molecule has 1 fully saturated rings. The van der Waals surface area contributed by atoms with Crippen LogP contribution < -0.4 is 15.1 Å². The molecule has 2 atom stereocenters. The number of thiocarbonyl (C=S) groups is 1. The number of furan rings is 1. The molecule has 2 aromatic carbocycles. The number of hydrogen-bond acceptors (Lipinski definition) is 6. The van der Waals surface area contributed by atoms with Crippen LogP contribution in [0.5, 0.6) is 0 Å². The number of amides is 1. The van der Waals surface area contributed by atoms with E-state index in [1.165, 1.54) is 11.8 Å². The molecule has 7 nitrogen and oxygen atoms in total. The van der Waals surface area contributed by atoms with E-state index in [2.05, 4.69) is 69.7 Å². The number of anilines is 2. The number of carbonyl (C=O) groups excluding carboxylic acids is 1. The average Bonchev–Trinajstić information content (AvgIpc) is 3.58. The molecule has 1 amide bonds. The maximum Gasteiger partial charge on any atom is 0.293 e. The molecule has 1 aliphatic heterocycles. The van der Waals surface area contributed by atoms with Gasteiger partial charge in [0.1, 0.15) is 0 Å². The molecule has 0 saturated heterocycles. The second kappa shape index (κ2) is 10.8. The maximum atomic E-state index is 12.7. The summed E-state index contributed by atoms with van der Waals surface area (Å²) in [5, 5.41) is 9.97. The van der Waals surface area contributed by atoms with Gasteiger partial charge in [0.15, 0.2) is 10.9 Å². The van der Waals surface area contributed by atoms with Gasteiger partial charge in [0, 0.05) is 45.5 Å². The van der Waals surface area contributed by atoms with Crippen molar-refractivity contribution < 1.29 is 9.21 Å². The van der Waals surface area contributed by atoms with Gasteiger partial charge in [0.25, 0.3) is 5.91 Å². The summed E-state index contributed by atoms with van der Waals surface area (Å²) in [4.78, 5) is 16.9. The van der Waals surface area contributed by atoms with Crippen LogP contribution in [-0.4, -0.2) is 49.9 Å². The van der Waals surface area contributed by atoms with Gasteiger partial charge in [0.2, 0.25) is 0 Å². The maximum absolute atomic E-state index is 12.7. The largest absolute Gasteiger partial charge is 0.459 e. The van der Waals surface area contributed by atoms with Gasteiger partial charge < -0.3 is 14.2 Å². The number of fused-ring (bicyclic) bond motifs is 1. The summed E-state index contributed by atoms with van der Waals surface area (Å²) >= 11 is 5.75. The smallest absolute Gasteiger partial charge is 0.293 e. The van der Waals surface area contributed by atoms with Crippen molar-refractivity contribution in [1.29, 1.82) is 0 Å². The second-order valence-corrected chi connectivity index (χ2v) is 10.5. The van der Waals surface area contributed by atoms with E-state index in [1.807, 2.05) is 33.2 Å². The summed E-state index contributed by atoms with van der Waals surface area (Å²) < 4.78 is 5.26. The number of nitrogens with one attached hydrogen (secondary N) is 1. The van der Waals surface area contributed by atoms with Crippen LogP contribution in [0.4, 0.5) is 11.4 Å². The molecule has 2 aliphatic rings. The number of hydrogen-bond donors (Lipinski definition) is 1. The lowest BCUT2D eigenvalue weighted by Gasteiger charge is -2.31. The quantitative estimate of drug-likeness (QED) is 0.428. The minimum Gasteiger partial charge on any atom is -0.459 e. The van der Waals surface area contributed by atoms with Crippen molar-refractivity contribution in [3.63, 3.8) is 0 Å². The molecule has 1 aliphatic carbocycles. The van der Waals surface area contributed by atoms with Crippen molar-refractivity contribution in [2.75, 3.05) is 38.0 Å². The molecule has 3 aromatic rings. The van der Waals surface area contributed by atoms with Crippen LogP contribution in [0.25, 0.3) is 6.08 Å². The zero-order chi connectivity index (χ0) is 26.8. The lowest BCUT2D eigenvalue weighted by molar-refractivity contribution is 0.0944. The summed E-state index contributed by atoms with van der Waals surface area (Å²) in [7, 11) is 8.14. The van der Waals surface area contributed by atoms with Gasteiger partial charge in [-0.2, -0.15) is 5.10 Å². The van der Waals surface area contributed by atoms with E-state index in [1.54, 1.807) is 12.1 Å². The van der Waals surface area contributed by atoms with Crippen molar-refractivity contribution in [3.8, 4) is 0 Å². The molecule has 2 heterocycles. The Morgan fingerprint density at radius 3 is 2.29 bits per heavy atom. The van der Waals surface area contributed by atoms with Gasteiger partial charge in [0.05, 0.1) is 18.0 Å². The summed E-state index contributed by atoms with van der Waals surface area (Å²) in [6.07, 6.45) is 6.74. The first-order valence-corrected chi connectivity index (χ1v) is 13.2. The fourth-order valence-corrected chi connectivity index (χ4v) is 5.41. The zero-order valence-corrected chi connectivity index (χ0v) is 23.0. The number of allylic oxidation sites excluding steroid dienone is 1. The average molecular weight is 528 g/mol. The van der Waals surface area contributed by atoms with Crippen molar-refractivity contribution in [1.82, 2.24) is 10.3 Å². The third-order valence-corrected chi connectivity index (χ3v) is 7.47. The molecule has 0 spiro atoms. The van der Waals surface area contributed by atoms with E-state index in [0.717, 1.165) is 47.5 Å². The van der Waals surface area contributed by atoms with Gasteiger partial charge in [-0.05, 0) is 90.7 Å². The summed E-state index contributed by atoms with van der Waals surface area (Å²) in [6.45, 7) is 0. The SMILES string of the molecule is CN(C)c1ccc(C=C2CCCC3C2=NN(C(=S)NC(=O)c2ccco2)C3c2ccc(N(C)C)cc2)cc1. The second-order valence-electron chi connectivity index (χ2n) is 10.2. The highest BCUT2D eigenvalue weighted by atomic mass is 32.1. The number of carbonyl (C=O) groups is 1. The summed E-state index contributed by atoms with van der Waals surface area (Å²) in [6, 6.07) is 20.2. The van der Waals surface area contributed by atoms with Crippen molar-refractivity contribution in [2.24, 2.45) is 11.0 Å². The minimum atomic E-state index is -0.381. The lowest BCUT2D eigenvalue weighted by Crippen LogP contribution is -2.41. The lowest BCUT2D eigenvalue weighted by atomic mass is 9.77. The minimum absolute atomic E-state index is 0.106. The third-order valence-electron chi connectivity index (χ3n) is 7.18. The molecule has 38 heavy (non-hydrogen) atoms. The van der Waals surface area contributed by atoms with Crippen LogP contribution in [0.15, 0.2) is 82.0 Å². The molecule has 1 aromatic heterocycles. The fraction of sp³-hybridized carbons (Fsp3) is 0.300. The monoisotopic (exact) mass is 527 g/mol. The molecular weight excluding hydrogens is 494 g/mol. The first-order chi connectivity index (χ1) is 18.3. The Bertz CT molecular complexity index is 1360. The van der Waals surface area contributed by atoms with Crippen molar-refractivity contribution >= 4 is 46.4 Å².